The largest absolute Gasteiger partial charge is 0.463 e. The molecule has 0 fully saturated rings. The summed E-state index contributed by atoms with van der Waals surface area (Å²) in [5, 5.41) is 0.589. The Bertz CT molecular complexity index is 595. The molecule has 0 bridgehead atoms. The fourth-order valence-electron chi connectivity index (χ4n) is 2.27. The molecule has 1 aliphatic carbocycles. The molecule has 2 rings (SSSR count). The van der Waals surface area contributed by atoms with Crippen LogP contribution in [0.1, 0.15) is 34.6 Å². The molecule has 0 radical (unpaired) electrons. The Morgan fingerprint density at radius 2 is 2.20 bits per heavy atom. The van der Waals surface area contributed by atoms with Gasteiger partial charge in [-0.05, 0) is 30.7 Å². The normalized spacial score (nSPS) is 23.6. The van der Waals surface area contributed by atoms with E-state index in [1.807, 2.05) is 6.92 Å². The second-order valence-electron chi connectivity index (χ2n) is 4.60. The van der Waals surface area contributed by atoms with E-state index in [9.17, 15) is 9.59 Å². The predicted octanol–water partition coefficient (Wildman–Crippen LogP) is 4.10. The number of carbonyl (C=O) groups excluding carboxylic acids is 2. The molecule has 0 amide bonds. The van der Waals surface area contributed by atoms with Gasteiger partial charge in [0.1, 0.15) is 0 Å². The number of hydrogen-bond acceptors (Lipinski definition) is 3. The Labute approximate surface area is 131 Å². The second kappa shape index (κ2) is 6.10. The van der Waals surface area contributed by atoms with E-state index < -0.39 is 5.97 Å². The van der Waals surface area contributed by atoms with Gasteiger partial charge in [-0.25, -0.2) is 4.79 Å². The number of hydrogen-bond donors (Lipinski definition) is 0. The van der Waals surface area contributed by atoms with Crippen LogP contribution >= 0.6 is 27.5 Å². The Morgan fingerprint density at radius 1 is 1.50 bits per heavy atom. The van der Waals surface area contributed by atoms with Crippen molar-refractivity contribution in [3.8, 4) is 0 Å². The molecule has 2 atom stereocenters. The van der Waals surface area contributed by atoms with Crippen LogP contribution in [0.2, 0.25) is 5.02 Å². The van der Waals surface area contributed by atoms with Crippen molar-refractivity contribution >= 4 is 39.3 Å². The third kappa shape index (κ3) is 2.81. The highest BCUT2D eigenvalue weighted by Gasteiger charge is 2.34. The molecule has 0 aliphatic heterocycles. The Morgan fingerprint density at radius 3 is 2.85 bits per heavy atom. The first-order valence-electron chi connectivity index (χ1n) is 6.32. The molecule has 0 saturated heterocycles. The molecule has 0 aromatic heterocycles. The van der Waals surface area contributed by atoms with Gasteiger partial charge in [0.2, 0.25) is 0 Å². The van der Waals surface area contributed by atoms with Gasteiger partial charge in [0, 0.05) is 33.0 Å². The standard InChI is InChI=1S/C15H14BrClO3/c1-3-20-13(18)7-11-8(2)14(16)12-6-9(17)4-5-10(12)15(11)19/h4-8,14H,3H2,1-2H3/b11-7+/t8-,14-/m1/s1. The van der Waals surface area contributed by atoms with Gasteiger partial charge in [0.15, 0.2) is 5.78 Å². The van der Waals surface area contributed by atoms with Gasteiger partial charge in [-0.1, -0.05) is 34.5 Å². The lowest BCUT2D eigenvalue weighted by Crippen LogP contribution is -2.24. The topological polar surface area (TPSA) is 43.4 Å². The zero-order valence-corrected chi connectivity index (χ0v) is 13.5. The minimum Gasteiger partial charge on any atom is -0.463 e. The lowest BCUT2D eigenvalue weighted by atomic mass is 9.80. The molecule has 0 N–H and O–H groups in total. The molecule has 20 heavy (non-hydrogen) atoms. The second-order valence-corrected chi connectivity index (χ2v) is 6.03. The van der Waals surface area contributed by atoms with Crippen LogP contribution in [0.15, 0.2) is 29.8 Å². The fourth-order valence-corrected chi connectivity index (χ4v) is 3.11. The van der Waals surface area contributed by atoms with Crippen LogP contribution in [0.3, 0.4) is 0 Å². The van der Waals surface area contributed by atoms with Crippen LogP contribution in [0, 0.1) is 5.92 Å². The molecular weight excluding hydrogens is 344 g/mol. The zero-order valence-electron chi connectivity index (χ0n) is 11.2. The van der Waals surface area contributed by atoms with E-state index >= 15 is 0 Å². The maximum atomic E-state index is 12.5. The smallest absolute Gasteiger partial charge is 0.331 e. The Kier molecular flexibility index (Phi) is 4.66. The number of ether oxygens (including phenoxy) is 1. The quantitative estimate of drug-likeness (QED) is 0.455. The van der Waals surface area contributed by atoms with E-state index in [0.29, 0.717) is 16.2 Å². The minimum absolute atomic E-state index is 0.0606. The zero-order chi connectivity index (χ0) is 14.9. The summed E-state index contributed by atoms with van der Waals surface area (Å²) in [6.45, 7) is 3.91. The summed E-state index contributed by atoms with van der Waals surface area (Å²) >= 11 is 9.56. The van der Waals surface area contributed by atoms with Crippen LogP contribution in [-0.4, -0.2) is 18.4 Å². The summed E-state index contributed by atoms with van der Waals surface area (Å²) in [5.74, 6) is -0.759. The van der Waals surface area contributed by atoms with Crippen molar-refractivity contribution in [3.63, 3.8) is 0 Å². The molecule has 1 aromatic rings. The van der Waals surface area contributed by atoms with Crippen LogP contribution < -0.4 is 0 Å². The van der Waals surface area contributed by atoms with Crippen molar-refractivity contribution in [3.05, 3.63) is 46.0 Å². The Hall–Kier alpha value is -1.13. The number of benzene rings is 1. The van der Waals surface area contributed by atoms with Crippen LogP contribution in [-0.2, 0) is 9.53 Å². The highest BCUT2D eigenvalue weighted by molar-refractivity contribution is 9.09. The maximum Gasteiger partial charge on any atom is 0.331 e. The van der Waals surface area contributed by atoms with Crippen molar-refractivity contribution < 1.29 is 14.3 Å². The summed E-state index contributed by atoms with van der Waals surface area (Å²) in [4.78, 5) is 24.0. The number of allylic oxidation sites excluding steroid dienone is 1. The lowest BCUT2D eigenvalue weighted by molar-refractivity contribution is -0.137. The van der Waals surface area contributed by atoms with E-state index in [1.54, 1.807) is 25.1 Å². The first-order valence-corrected chi connectivity index (χ1v) is 7.61. The number of Topliss-reactive ketones (excluding diaryl/α,β-unsaturated/α-hetero) is 1. The van der Waals surface area contributed by atoms with Crippen molar-refractivity contribution in [1.29, 1.82) is 0 Å². The molecule has 1 aliphatic rings. The highest BCUT2D eigenvalue weighted by Crippen LogP contribution is 2.43. The van der Waals surface area contributed by atoms with Gasteiger partial charge in [-0.3, -0.25) is 4.79 Å². The number of rotatable bonds is 2. The summed E-state index contributed by atoms with van der Waals surface area (Å²) in [6.07, 6.45) is 1.29. The van der Waals surface area contributed by atoms with Gasteiger partial charge >= 0.3 is 5.97 Å². The van der Waals surface area contributed by atoms with Crippen LogP contribution in [0.25, 0.3) is 0 Å². The van der Waals surface area contributed by atoms with E-state index in [0.717, 1.165) is 5.56 Å². The first kappa shape index (κ1) is 15.3. The molecule has 5 heteroatoms. The highest BCUT2D eigenvalue weighted by atomic mass is 79.9. The average Bonchev–Trinajstić information content (AvgIpc) is 2.41. The average molecular weight is 358 g/mol. The number of carbonyl (C=O) groups is 2. The van der Waals surface area contributed by atoms with Gasteiger partial charge in [-0.2, -0.15) is 0 Å². The number of alkyl halides is 1. The van der Waals surface area contributed by atoms with Gasteiger partial charge < -0.3 is 4.74 Å². The SMILES string of the molecule is CCOC(=O)/C=C1/C(=O)c2ccc(Cl)cc2[C@H](Br)[C@@H]1C. The van der Waals surface area contributed by atoms with Crippen molar-refractivity contribution in [2.45, 2.75) is 18.7 Å². The number of ketones is 1. The third-order valence-corrected chi connectivity index (χ3v) is 4.83. The number of halogens is 2. The van der Waals surface area contributed by atoms with E-state index in [2.05, 4.69) is 15.9 Å². The maximum absolute atomic E-state index is 12.5. The minimum atomic E-state index is -0.486. The molecule has 0 heterocycles. The van der Waals surface area contributed by atoms with Crippen molar-refractivity contribution in [2.24, 2.45) is 5.92 Å². The van der Waals surface area contributed by atoms with E-state index in [4.69, 9.17) is 16.3 Å². The van der Waals surface area contributed by atoms with Crippen LogP contribution in [0.5, 0.6) is 0 Å². The molecule has 0 unspecified atom stereocenters. The summed E-state index contributed by atoms with van der Waals surface area (Å²) in [5.41, 5.74) is 1.89. The summed E-state index contributed by atoms with van der Waals surface area (Å²) < 4.78 is 4.88. The molecule has 106 valence electrons. The summed E-state index contributed by atoms with van der Waals surface area (Å²) in [6, 6.07) is 5.15. The number of fused-ring (bicyclic) bond motifs is 1. The van der Waals surface area contributed by atoms with Crippen molar-refractivity contribution in [2.75, 3.05) is 6.61 Å². The predicted molar refractivity (Wildman–Crippen MR) is 81.3 cm³/mol. The van der Waals surface area contributed by atoms with Gasteiger partial charge in [0.25, 0.3) is 0 Å². The lowest BCUT2D eigenvalue weighted by Gasteiger charge is -2.28. The van der Waals surface area contributed by atoms with Crippen LogP contribution in [0.4, 0.5) is 0 Å². The van der Waals surface area contributed by atoms with E-state index in [-0.39, 0.29) is 23.1 Å². The molecule has 0 spiro atoms. The molecule has 1 aromatic carbocycles. The van der Waals surface area contributed by atoms with E-state index in [1.165, 1.54) is 6.08 Å². The third-order valence-electron chi connectivity index (χ3n) is 3.31. The Balaban J connectivity index is 2.47. The number of esters is 1. The van der Waals surface area contributed by atoms with Crippen molar-refractivity contribution in [1.82, 2.24) is 0 Å². The monoisotopic (exact) mass is 356 g/mol. The molecule has 3 nitrogen and oxygen atoms in total. The molecular formula is C15H14BrClO3. The van der Waals surface area contributed by atoms with Gasteiger partial charge in [-0.15, -0.1) is 0 Å². The molecule has 0 saturated carbocycles. The first-order chi connectivity index (χ1) is 9.45. The summed E-state index contributed by atoms with van der Waals surface area (Å²) in [7, 11) is 0. The fraction of sp³-hybridized carbons (Fsp3) is 0.333. The van der Waals surface area contributed by atoms with Gasteiger partial charge in [0.05, 0.1) is 6.61 Å².